The van der Waals surface area contributed by atoms with Gasteiger partial charge in [0.2, 0.25) is 0 Å². The number of aromatic amines is 1. The maximum Gasteiger partial charge on any atom is 0.107 e. The van der Waals surface area contributed by atoms with E-state index in [1.54, 1.807) is 6.26 Å². The summed E-state index contributed by atoms with van der Waals surface area (Å²) in [7, 11) is 0. The smallest absolute Gasteiger partial charge is 0.107 e. The van der Waals surface area contributed by atoms with E-state index >= 15 is 0 Å². The average Bonchev–Trinajstić information content (AvgIpc) is 2.93. The Morgan fingerprint density at radius 2 is 2.11 bits per heavy atom. The van der Waals surface area contributed by atoms with E-state index in [4.69, 9.17) is 4.42 Å². The lowest BCUT2D eigenvalue weighted by molar-refractivity contribution is 0.507. The standard InChI is InChI=1S/C15H16N2O/c1-10-8-11(2)15-13(9-10)16-14(17-15)6-5-12-4-3-7-18-12/h3-4,7-9H,5-6H2,1-2H3,(H,16,17). The summed E-state index contributed by atoms with van der Waals surface area (Å²) in [4.78, 5) is 8.04. The SMILES string of the molecule is Cc1cc(C)c2nc(CCc3ccco3)[nH]c2c1. The van der Waals surface area contributed by atoms with Crippen molar-refractivity contribution in [1.82, 2.24) is 9.97 Å². The first-order valence-electron chi connectivity index (χ1n) is 6.20. The zero-order valence-corrected chi connectivity index (χ0v) is 10.7. The number of hydrogen-bond acceptors (Lipinski definition) is 2. The quantitative estimate of drug-likeness (QED) is 0.760. The Labute approximate surface area is 106 Å². The summed E-state index contributed by atoms with van der Waals surface area (Å²) in [5.74, 6) is 2.03. The third kappa shape index (κ3) is 2.04. The van der Waals surface area contributed by atoms with Crippen molar-refractivity contribution in [3.8, 4) is 0 Å². The van der Waals surface area contributed by atoms with Gasteiger partial charge >= 0.3 is 0 Å². The number of furan rings is 1. The molecule has 0 fully saturated rings. The van der Waals surface area contributed by atoms with Gasteiger partial charge in [-0.05, 0) is 43.2 Å². The van der Waals surface area contributed by atoms with Gasteiger partial charge in [0.1, 0.15) is 11.6 Å². The molecule has 3 aromatic rings. The van der Waals surface area contributed by atoms with Crippen LogP contribution in [0.5, 0.6) is 0 Å². The third-order valence-electron chi connectivity index (χ3n) is 3.16. The van der Waals surface area contributed by atoms with E-state index in [0.29, 0.717) is 0 Å². The fourth-order valence-corrected chi connectivity index (χ4v) is 2.34. The molecule has 3 rings (SSSR count). The van der Waals surface area contributed by atoms with Crippen molar-refractivity contribution in [3.63, 3.8) is 0 Å². The molecule has 0 amide bonds. The predicted octanol–water partition coefficient (Wildman–Crippen LogP) is 3.56. The molecule has 0 atom stereocenters. The maximum absolute atomic E-state index is 5.33. The molecule has 1 N–H and O–H groups in total. The molecule has 18 heavy (non-hydrogen) atoms. The van der Waals surface area contributed by atoms with E-state index in [0.717, 1.165) is 35.5 Å². The minimum absolute atomic E-state index is 0.876. The molecular formula is C15H16N2O. The van der Waals surface area contributed by atoms with Gasteiger partial charge in [-0.15, -0.1) is 0 Å². The lowest BCUT2D eigenvalue weighted by Gasteiger charge is -1.96. The van der Waals surface area contributed by atoms with Gasteiger partial charge in [-0.2, -0.15) is 0 Å². The summed E-state index contributed by atoms with van der Waals surface area (Å²) in [5.41, 5.74) is 4.70. The summed E-state index contributed by atoms with van der Waals surface area (Å²) in [6.45, 7) is 4.21. The van der Waals surface area contributed by atoms with Crippen molar-refractivity contribution >= 4 is 11.0 Å². The molecular weight excluding hydrogens is 224 g/mol. The topological polar surface area (TPSA) is 41.8 Å². The molecule has 0 unspecified atom stereocenters. The first-order chi connectivity index (χ1) is 8.72. The molecule has 3 nitrogen and oxygen atoms in total. The number of benzene rings is 1. The van der Waals surface area contributed by atoms with Gasteiger partial charge in [-0.1, -0.05) is 6.07 Å². The zero-order valence-electron chi connectivity index (χ0n) is 10.7. The molecule has 0 aliphatic heterocycles. The first-order valence-corrected chi connectivity index (χ1v) is 6.20. The summed E-state index contributed by atoms with van der Waals surface area (Å²) in [5, 5.41) is 0. The number of aryl methyl sites for hydroxylation is 4. The van der Waals surface area contributed by atoms with E-state index in [1.807, 2.05) is 12.1 Å². The second kappa shape index (κ2) is 4.33. The van der Waals surface area contributed by atoms with Crippen LogP contribution in [0.4, 0.5) is 0 Å². The highest BCUT2D eigenvalue weighted by Crippen LogP contribution is 2.19. The van der Waals surface area contributed by atoms with Crippen LogP contribution >= 0.6 is 0 Å². The van der Waals surface area contributed by atoms with Crippen LogP contribution in [0.15, 0.2) is 34.9 Å². The van der Waals surface area contributed by atoms with Crippen molar-refractivity contribution in [2.45, 2.75) is 26.7 Å². The minimum Gasteiger partial charge on any atom is -0.469 e. The third-order valence-corrected chi connectivity index (χ3v) is 3.16. The number of H-pyrrole nitrogens is 1. The number of aromatic nitrogens is 2. The highest BCUT2D eigenvalue weighted by atomic mass is 16.3. The molecule has 0 radical (unpaired) electrons. The largest absolute Gasteiger partial charge is 0.469 e. The number of nitrogens with zero attached hydrogens (tertiary/aromatic N) is 1. The highest BCUT2D eigenvalue weighted by Gasteiger charge is 2.06. The van der Waals surface area contributed by atoms with E-state index < -0.39 is 0 Å². The number of rotatable bonds is 3. The van der Waals surface area contributed by atoms with E-state index in [1.165, 1.54) is 11.1 Å². The van der Waals surface area contributed by atoms with Crippen LogP contribution < -0.4 is 0 Å². The highest BCUT2D eigenvalue weighted by molar-refractivity contribution is 5.79. The van der Waals surface area contributed by atoms with Crippen molar-refractivity contribution in [2.75, 3.05) is 0 Å². The number of nitrogens with one attached hydrogen (secondary N) is 1. The van der Waals surface area contributed by atoms with Gasteiger partial charge < -0.3 is 9.40 Å². The zero-order chi connectivity index (χ0) is 12.5. The molecule has 3 heteroatoms. The molecule has 0 saturated heterocycles. The summed E-state index contributed by atoms with van der Waals surface area (Å²) in [6, 6.07) is 8.23. The second-order valence-electron chi connectivity index (χ2n) is 4.74. The monoisotopic (exact) mass is 240 g/mol. The Bertz CT molecular complexity index is 665. The molecule has 92 valence electrons. The van der Waals surface area contributed by atoms with Crippen LogP contribution in [0.25, 0.3) is 11.0 Å². The molecule has 0 aliphatic rings. The lowest BCUT2D eigenvalue weighted by Crippen LogP contribution is -1.91. The van der Waals surface area contributed by atoms with Gasteiger partial charge in [-0.3, -0.25) is 0 Å². The Hall–Kier alpha value is -2.03. The summed E-state index contributed by atoms with van der Waals surface area (Å²) < 4.78 is 5.33. The van der Waals surface area contributed by atoms with Crippen LogP contribution in [-0.2, 0) is 12.8 Å². The Morgan fingerprint density at radius 1 is 1.22 bits per heavy atom. The first kappa shape index (κ1) is 11.1. The van der Waals surface area contributed by atoms with Crippen LogP contribution in [0.2, 0.25) is 0 Å². The van der Waals surface area contributed by atoms with Crippen LogP contribution in [-0.4, -0.2) is 9.97 Å². The average molecular weight is 240 g/mol. The second-order valence-corrected chi connectivity index (χ2v) is 4.74. The fourth-order valence-electron chi connectivity index (χ4n) is 2.34. The van der Waals surface area contributed by atoms with Crippen molar-refractivity contribution in [3.05, 3.63) is 53.2 Å². The molecule has 0 aliphatic carbocycles. The minimum atomic E-state index is 0.876. The van der Waals surface area contributed by atoms with Crippen LogP contribution in [0.1, 0.15) is 22.7 Å². The number of fused-ring (bicyclic) bond motifs is 1. The van der Waals surface area contributed by atoms with Gasteiger partial charge in [0.15, 0.2) is 0 Å². The lowest BCUT2D eigenvalue weighted by atomic mass is 10.1. The van der Waals surface area contributed by atoms with E-state index in [9.17, 15) is 0 Å². The predicted molar refractivity (Wildman–Crippen MR) is 71.7 cm³/mol. The molecule has 2 aromatic heterocycles. The molecule has 0 bridgehead atoms. The molecule has 0 saturated carbocycles. The van der Waals surface area contributed by atoms with Gasteiger partial charge in [0.05, 0.1) is 17.3 Å². The Balaban J connectivity index is 1.87. The Kier molecular flexibility index (Phi) is 2.67. The normalized spacial score (nSPS) is 11.2. The van der Waals surface area contributed by atoms with Gasteiger partial charge in [0, 0.05) is 12.8 Å². The Morgan fingerprint density at radius 3 is 2.89 bits per heavy atom. The van der Waals surface area contributed by atoms with Crippen LogP contribution in [0.3, 0.4) is 0 Å². The van der Waals surface area contributed by atoms with Gasteiger partial charge in [-0.25, -0.2) is 4.98 Å². The van der Waals surface area contributed by atoms with Crippen LogP contribution in [0, 0.1) is 13.8 Å². The molecule has 0 spiro atoms. The van der Waals surface area contributed by atoms with E-state index in [2.05, 4.69) is 35.9 Å². The number of hydrogen-bond donors (Lipinski definition) is 1. The number of imidazole rings is 1. The van der Waals surface area contributed by atoms with Crippen molar-refractivity contribution in [1.29, 1.82) is 0 Å². The van der Waals surface area contributed by atoms with Crippen molar-refractivity contribution < 1.29 is 4.42 Å². The fraction of sp³-hybridized carbons (Fsp3) is 0.267. The van der Waals surface area contributed by atoms with Gasteiger partial charge in [0.25, 0.3) is 0 Å². The maximum atomic E-state index is 5.33. The van der Waals surface area contributed by atoms with E-state index in [-0.39, 0.29) is 0 Å². The van der Waals surface area contributed by atoms with Crippen molar-refractivity contribution in [2.24, 2.45) is 0 Å². The summed E-state index contributed by atoms with van der Waals surface area (Å²) >= 11 is 0. The molecule has 2 heterocycles. The summed E-state index contributed by atoms with van der Waals surface area (Å²) in [6.07, 6.45) is 3.47. The molecule has 1 aromatic carbocycles.